The van der Waals surface area contributed by atoms with Crippen LogP contribution in [0.4, 0.5) is 0 Å². The van der Waals surface area contributed by atoms with Crippen molar-refractivity contribution in [3.8, 4) is 17.1 Å². The van der Waals surface area contributed by atoms with Gasteiger partial charge >= 0.3 is 0 Å². The summed E-state index contributed by atoms with van der Waals surface area (Å²) in [5.41, 5.74) is 0.840. The van der Waals surface area contributed by atoms with Crippen molar-refractivity contribution in [1.29, 1.82) is 0 Å². The summed E-state index contributed by atoms with van der Waals surface area (Å²) < 4.78 is 10.6. The molecule has 1 aliphatic rings. The van der Waals surface area contributed by atoms with Gasteiger partial charge in [0.05, 0.1) is 19.7 Å². The number of carbonyl (C=O) groups excluding carboxylic acids is 1. The molecule has 0 N–H and O–H groups in total. The van der Waals surface area contributed by atoms with E-state index in [1.54, 1.807) is 26.1 Å². The molecule has 7 heteroatoms. The Morgan fingerprint density at radius 1 is 1.46 bits per heavy atom. The lowest BCUT2D eigenvalue weighted by Crippen LogP contribution is -2.42. The Bertz CT molecular complexity index is 713. The van der Waals surface area contributed by atoms with Crippen LogP contribution in [0.5, 0.6) is 5.75 Å². The second kappa shape index (κ2) is 7.00. The first-order valence-electron chi connectivity index (χ1n) is 8.00. The number of carbonyl (C=O) groups is 1. The summed E-state index contributed by atoms with van der Waals surface area (Å²) in [6, 6.07) is 7.42. The van der Waals surface area contributed by atoms with Crippen LogP contribution in [0.15, 0.2) is 28.8 Å². The van der Waals surface area contributed by atoms with Crippen molar-refractivity contribution < 1.29 is 14.1 Å². The van der Waals surface area contributed by atoms with Crippen LogP contribution >= 0.6 is 0 Å². The molecule has 1 fully saturated rings. The molecule has 1 aromatic carbocycles. The lowest BCUT2D eigenvalue weighted by atomic mass is 10.2. The molecule has 3 rings (SSSR count). The molecule has 2 heterocycles. The van der Waals surface area contributed by atoms with E-state index in [0.29, 0.717) is 18.3 Å². The first-order valence-corrected chi connectivity index (χ1v) is 8.00. The highest BCUT2D eigenvalue weighted by Gasteiger charge is 2.32. The SMILES string of the molecule is COc1cccc(-c2noc(CN3CCCC3C(=O)N(C)C)n2)c1. The average molecular weight is 330 g/mol. The highest BCUT2D eigenvalue weighted by Crippen LogP contribution is 2.24. The van der Waals surface area contributed by atoms with Crippen molar-refractivity contribution in [2.45, 2.75) is 25.4 Å². The van der Waals surface area contributed by atoms with Gasteiger partial charge < -0.3 is 14.2 Å². The van der Waals surface area contributed by atoms with Gasteiger partial charge in [0.1, 0.15) is 5.75 Å². The molecule has 1 atom stereocenters. The van der Waals surface area contributed by atoms with Gasteiger partial charge in [0.25, 0.3) is 0 Å². The quantitative estimate of drug-likeness (QED) is 0.832. The molecular weight excluding hydrogens is 308 g/mol. The van der Waals surface area contributed by atoms with E-state index in [-0.39, 0.29) is 11.9 Å². The van der Waals surface area contributed by atoms with E-state index in [2.05, 4.69) is 15.0 Å². The number of nitrogens with zero attached hydrogens (tertiary/aromatic N) is 4. The molecule has 0 bridgehead atoms. The number of rotatable bonds is 5. The van der Waals surface area contributed by atoms with Crippen LogP contribution in [-0.4, -0.2) is 59.6 Å². The Balaban J connectivity index is 1.73. The minimum atomic E-state index is -0.104. The Morgan fingerprint density at radius 3 is 3.04 bits per heavy atom. The highest BCUT2D eigenvalue weighted by molar-refractivity contribution is 5.81. The highest BCUT2D eigenvalue weighted by atomic mass is 16.5. The number of benzene rings is 1. The van der Waals surface area contributed by atoms with Crippen molar-refractivity contribution in [3.05, 3.63) is 30.2 Å². The fourth-order valence-corrected chi connectivity index (χ4v) is 2.97. The van der Waals surface area contributed by atoms with Crippen LogP contribution in [0.25, 0.3) is 11.4 Å². The van der Waals surface area contributed by atoms with Crippen LogP contribution < -0.4 is 4.74 Å². The maximum absolute atomic E-state index is 12.2. The number of methoxy groups -OCH3 is 1. The number of hydrogen-bond donors (Lipinski definition) is 0. The zero-order chi connectivity index (χ0) is 17.1. The average Bonchev–Trinajstić information content (AvgIpc) is 3.24. The minimum absolute atomic E-state index is 0.104. The lowest BCUT2D eigenvalue weighted by molar-refractivity contribution is -0.133. The van der Waals surface area contributed by atoms with Crippen molar-refractivity contribution in [2.24, 2.45) is 0 Å². The van der Waals surface area contributed by atoms with Crippen LogP contribution in [0.3, 0.4) is 0 Å². The summed E-state index contributed by atoms with van der Waals surface area (Å²) in [4.78, 5) is 20.4. The van der Waals surface area contributed by atoms with E-state index in [4.69, 9.17) is 9.26 Å². The molecule has 128 valence electrons. The Kier molecular flexibility index (Phi) is 4.80. The van der Waals surface area contributed by atoms with E-state index in [1.807, 2.05) is 24.3 Å². The van der Waals surface area contributed by atoms with Gasteiger partial charge in [0.15, 0.2) is 0 Å². The lowest BCUT2D eigenvalue weighted by Gasteiger charge is -2.24. The molecule has 0 radical (unpaired) electrons. The van der Waals surface area contributed by atoms with E-state index in [9.17, 15) is 4.79 Å². The predicted molar refractivity (Wildman–Crippen MR) is 88.4 cm³/mol. The summed E-state index contributed by atoms with van der Waals surface area (Å²) in [7, 11) is 5.19. The summed E-state index contributed by atoms with van der Waals surface area (Å²) in [6.07, 6.45) is 1.87. The van der Waals surface area contributed by atoms with E-state index in [0.717, 1.165) is 30.7 Å². The second-order valence-corrected chi connectivity index (χ2v) is 6.10. The van der Waals surface area contributed by atoms with Crippen molar-refractivity contribution in [3.63, 3.8) is 0 Å². The molecule has 1 aliphatic heterocycles. The third-order valence-electron chi connectivity index (χ3n) is 4.22. The molecule has 0 aliphatic carbocycles. The summed E-state index contributed by atoms with van der Waals surface area (Å²) in [6.45, 7) is 1.35. The smallest absolute Gasteiger partial charge is 0.241 e. The second-order valence-electron chi connectivity index (χ2n) is 6.10. The van der Waals surface area contributed by atoms with Gasteiger partial charge in [-0.1, -0.05) is 17.3 Å². The van der Waals surface area contributed by atoms with Crippen LogP contribution in [0.1, 0.15) is 18.7 Å². The molecule has 24 heavy (non-hydrogen) atoms. The van der Waals surface area contributed by atoms with Gasteiger partial charge in [-0.3, -0.25) is 9.69 Å². The molecule has 1 unspecified atom stereocenters. The fraction of sp³-hybridized carbons (Fsp3) is 0.471. The van der Waals surface area contributed by atoms with Crippen LogP contribution in [0, 0.1) is 0 Å². The van der Waals surface area contributed by atoms with Gasteiger partial charge in [-0.25, -0.2) is 0 Å². The Hall–Kier alpha value is -2.41. The first-order chi connectivity index (χ1) is 11.6. The summed E-state index contributed by atoms with van der Waals surface area (Å²) in [5, 5.41) is 4.05. The van der Waals surface area contributed by atoms with Gasteiger partial charge in [-0.15, -0.1) is 0 Å². The molecule has 1 aromatic heterocycles. The largest absolute Gasteiger partial charge is 0.497 e. The number of ether oxygens (including phenoxy) is 1. The van der Waals surface area contributed by atoms with Crippen molar-refractivity contribution >= 4 is 5.91 Å². The monoisotopic (exact) mass is 330 g/mol. The van der Waals surface area contributed by atoms with Gasteiger partial charge in [-0.2, -0.15) is 4.98 Å². The zero-order valence-electron chi connectivity index (χ0n) is 14.2. The van der Waals surface area contributed by atoms with E-state index < -0.39 is 0 Å². The summed E-state index contributed by atoms with van der Waals surface area (Å²) >= 11 is 0. The molecule has 1 saturated heterocycles. The van der Waals surface area contributed by atoms with E-state index in [1.165, 1.54) is 0 Å². The zero-order valence-corrected chi connectivity index (χ0v) is 14.2. The molecule has 0 spiro atoms. The van der Waals surface area contributed by atoms with Crippen LogP contribution in [0.2, 0.25) is 0 Å². The maximum atomic E-state index is 12.2. The van der Waals surface area contributed by atoms with Gasteiger partial charge in [-0.05, 0) is 31.5 Å². The van der Waals surface area contributed by atoms with Crippen molar-refractivity contribution in [1.82, 2.24) is 19.9 Å². The minimum Gasteiger partial charge on any atom is -0.497 e. The number of amides is 1. The molecule has 2 aromatic rings. The topological polar surface area (TPSA) is 71.7 Å². The molecule has 1 amide bonds. The first kappa shape index (κ1) is 16.4. The number of likely N-dealkylation sites (N-methyl/N-ethyl adjacent to an activating group) is 1. The Labute approximate surface area is 141 Å². The fourth-order valence-electron chi connectivity index (χ4n) is 2.97. The maximum Gasteiger partial charge on any atom is 0.241 e. The third kappa shape index (κ3) is 3.41. The summed E-state index contributed by atoms with van der Waals surface area (Å²) in [5.74, 6) is 1.92. The number of likely N-dealkylation sites (tertiary alicyclic amines) is 1. The van der Waals surface area contributed by atoms with Crippen molar-refractivity contribution in [2.75, 3.05) is 27.7 Å². The normalized spacial score (nSPS) is 17.9. The number of hydrogen-bond acceptors (Lipinski definition) is 6. The third-order valence-corrected chi connectivity index (χ3v) is 4.22. The molecule has 0 saturated carbocycles. The van der Waals surface area contributed by atoms with Crippen LogP contribution in [-0.2, 0) is 11.3 Å². The standard InChI is InChI=1S/C17H22N4O3/c1-20(2)17(22)14-8-5-9-21(14)11-15-18-16(19-24-15)12-6-4-7-13(10-12)23-3/h4,6-7,10,14H,5,8-9,11H2,1-3H3. The molecular formula is C17H22N4O3. The molecule has 7 nitrogen and oxygen atoms in total. The van der Waals surface area contributed by atoms with Gasteiger partial charge in [0.2, 0.25) is 17.6 Å². The van der Waals surface area contributed by atoms with Gasteiger partial charge in [0, 0.05) is 19.7 Å². The predicted octanol–water partition coefficient (Wildman–Crippen LogP) is 1.80. The Morgan fingerprint density at radius 2 is 2.29 bits per heavy atom. The van der Waals surface area contributed by atoms with E-state index >= 15 is 0 Å². The number of aromatic nitrogens is 2.